The van der Waals surface area contributed by atoms with Crippen LogP contribution in [0.25, 0.3) is 33.4 Å². The van der Waals surface area contributed by atoms with Gasteiger partial charge in [-0.1, -0.05) is 6.07 Å². The van der Waals surface area contributed by atoms with Crippen molar-refractivity contribution in [2.75, 3.05) is 14.2 Å². The number of ether oxygens (including phenoxy) is 1. The van der Waals surface area contributed by atoms with Crippen molar-refractivity contribution in [1.82, 2.24) is 15.3 Å². The van der Waals surface area contributed by atoms with Crippen LogP contribution in [0.4, 0.5) is 4.39 Å². The van der Waals surface area contributed by atoms with Crippen LogP contribution in [0.1, 0.15) is 51.1 Å². The first-order chi connectivity index (χ1) is 19.8. The molecule has 5 aromatic rings. The minimum atomic E-state index is -0.376. The third kappa shape index (κ3) is 4.75. The van der Waals surface area contributed by atoms with Gasteiger partial charge in [0.05, 0.1) is 18.2 Å². The Morgan fingerprint density at radius 3 is 2.39 bits per heavy atom. The zero-order valence-corrected chi connectivity index (χ0v) is 23.0. The number of fused-ring (bicyclic) bond motifs is 1. The molecule has 3 aromatic carbocycles. The maximum atomic E-state index is 13.7. The Balaban J connectivity index is 1.43. The summed E-state index contributed by atoms with van der Waals surface area (Å²) in [7, 11) is 3.12. The van der Waals surface area contributed by atoms with Crippen molar-refractivity contribution in [2.24, 2.45) is 0 Å². The number of halogens is 1. The van der Waals surface area contributed by atoms with E-state index in [2.05, 4.69) is 15.3 Å². The average Bonchev–Trinajstić information content (AvgIpc) is 3.68. The minimum Gasteiger partial charge on any atom is -0.496 e. The van der Waals surface area contributed by atoms with Gasteiger partial charge in [-0.15, -0.1) is 0 Å². The molecule has 0 spiro atoms. The Hall–Kier alpha value is -4.85. The predicted molar refractivity (Wildman–Crippen MR) is 154 cm³/mol. The fourth-order valence-corrected chi connectivity index (χ4v) is 5.49. The SMILES string of the molecule is CNC(=O)c1c(-c2ccc(F)cc2)oc2ccc(-c3cc(C(=O)CC4(c5cncnc5)CC4)c(OC)cc3C)cc12. The molecule has 0 bridgehead atoms. The standard InChI is InChI=1S/C33H28FN3O4/c1-19-12-29(40-3)25(27(38)15-33(10-11-33)22-16-36-18-37-17-22)14-24(19)21-6-9-28-26(13-21)30(32(39)35-2)31(41-28)20-4-7-23(34)8-5-20/h4-9,12-14,16-18H,10-11,15H2,1-3H3,(H,35,39). The molecule has 1 amide bonds. The van der Waals surface area contributed by atoms with Gasteiger partial charge in [0.15, 0.2) is 5.78 Å². The van der Waals surface area contributed by atoms with Crippen LogP contribution >= 0.6 is 0 Å². The number of hydrogen-bond acceptors (Lipinski definition) is 6. The first kappa shape index (κ1) is 26.4. The summed E-state index contributed by atoms with van der Waals surface area (Å²) in [5, 5.41) is 3.30. The number of nitrogens with zero attached hydrogens (tertiary/aromatic N) is 2. The van der Waals surface area contributed by atoms with Gasteiger partial charge in [0.1, 0.15) is 29.2 Å². The van der Waals surface area contributed by atoms with Gasteiger partial charge in [0.25, 0.3) is 5.91 Å². The van der Waals surface area contributed by atoms with E-state index in [-0.39, 0.29) is 22.9 Å². The largest absolute Gasteiger partial charge is 0.496 e. The molecule has 6 rings (SSSR count). The molecule has 0 radical (unpaired) electrons. The highest BCUT2D eigenvalue weighted by atomic mass is 19.1. The molecule has 1 aliphatic carbocycles. The van der Waals surface area contributed by atoms with Crippen molar-refractivity contribution in [3.05, 3.63) is 101 Å². The molecule has 0 atom stereocenters. The molecule has 8 heteroatoms. The lowest BCUT2D eigenvalue weighted by molar-refractivity contribution is 0.0957. The molecule has 206 valence electrons. The lowest BCUT2D eigenvalue weighted by atomic mass is 9.88. The van der Waals surface area contributed by atoms with Crippen LogP contribution in [-0.4, -0.2) is 35.8 Å². The number of rotatable bonds is 8. The van der Waals surface area contributed by atoms with Crippen molar-refractivity contribution in [2.45, 2.75) is 31.6 Å². The number of ketones is 1. The molecule has 0 unspecified atom stereocenters. The normalized spacial score (nSPS) is 13.7. The first-order valence-corrected chi connectivity index (χ1v) is 13.4. The summed E-state index contributed by atoms with van der Waals surface area (Å²) in [6.07, 6.45) is 7.21. The zero-order chi connectivity index (χ0) is 28.7. The van der Waals surface area contributed by atoms with Crippen molar-refractivity contribution in [1.29, 1.82) is 0 Å². The number of hydrogen-bond donors (Lipinski definition) is 1. The molecule has 1 saturated carbocycles. The Morgan fingerprint density at radius 1 is 1.02 bits per heavy atom. The van der Waals surface area contributed by atoms with Gasteiger partial charge in [-0.3, -0.25) is 9.59 Å². The van der Waals surface area contributed by atoms with E-state index in [9.17, 15) is 14.0 Å². The topological polar surface area (TPSA) is 94.3 Å². The summed E-state index contributed by atoms with van der Waals surface area (Å²) in [6.45, 7) is 1.96. The van der Waals surface area contributed by atoms with Gasteiger partial charge in [0.2, 0.25) is 0 Å². The number of carbonyl (C=O) groups is 2. The molecular weight excluding hydrogens is 521 g/mol. The summed E-state index contributed by atoms with van der Waals surface area (Å²) in [5.41, 5.74) is 5.29. The number of aromatic nitrogens is 2. The van der Waals surface area contributed by atoms with Gasteiger partial charge in [-0.05, 0) is 90.6 Å². The monoisotopic (exact) mass is 549 g/mol. The van der Waals surface area contributed by atoms with Gasteiger partial charge in [-0.2, -0.15) is 0 Å². The van der Waals surface area contributed by atoms with Crippen molar-refractivity contribution in [3.63, 3.8) is 0 Å². The highest BCUT2D eigenvalue weighted by Gasteiger charge is 2.46. The van der Waals surface area contributed by atoms with E-state index in [4.69, 9.17) is 9.15 Å². The predicted octanol–water partition coefficient (Wildman–Crippen LogP) is 6.68. The Labute approximate surface area is 236 Å². The molecule has 7 nitrogen and oxygen atoms in total. The number of aryl methyl sites for hydroxylation is 1. The molecule has 0 aliphatic heterocycles. The second-order valence-corrected chi connectivity index (χ2v) is 10.5. The van der Waals surface area contributed by atoms with Crippen LogP contribution in [0.3, 0.4) is 0 Å². The molecule has 1 N–H and O–H groups in total. The van der Waals surface area contributed by atoms with E-state index in [1.54, 1.807) is 38.7 Å². The fourth-order valence-electron chi connectivity index (χ4n) is 5.49. The number of furan rings is 1. The number of Topliss-reactive ketones (excluding diaryl/α,β-unsaturated/α-hetero) is 1. The second-order valence-electron chi connectivity index (χ2n) is 10.5. The van der Waals surface area contributed by atoms with Gasteiger partial charge >= 0.3 is 0 Å². The van der Waals surface area contributed by atoms with Crippen LogP contribution in [0.15, 0.2) is 77.7 Å². The van der Waals surface area contributed by atoms with Crippen molar-refractivity contribution < 1.29 is 23.1 Å². The number of nitrogens with one attached hydrogen (secondary N) is 1. The summed E-state index contributed by atoms with van der Waals surface area (Å²) in [4.78, 5) is 35.0. The van der Waals surface area contributed by atoms with Gasteiger partial charge < -0.3 is 14.5 Å². The van der Waals surface area contributed by atoms with Crippen LogP contribution < -0.4 is 10.1 Å². The van der Waals surface area contributed by atoms with E-state index in [0.717, 1.165) is 35.1 Å². The Kier molecular flexibility index (Phi) is 6.61. The molecule has 0 saturated heterocycles. The lowest BCUT2D eigenvalue weighted by Gasteiger charge is -2.17. The zero-order valence-electron chi connectivity index (χ0n) is 23.0. The lowest BCUT2D eigenvalue weighted by Crippen LogP contribution is -2.18. The van der Waals surface area contributed by atoms with Crippen molar-refractivity contribution >= 4 is 22.7 Å². The molecule has 1 fully saturated rings. The van der Waals surface area contributed by atoms with E-state index in [1.807, 2.05) is 37.3 Å². The average molecular weight is 550 g/mol. The number of amides is 1. The maximum Gasteiger partial charge on any atom is 0.255 e. The number of carbonyl (C=O) groups excluding carboxylic acids is 2. The number of methoxy groups -OCH3 is 1. The van der Waals surface area contributed by atoms with Crippen LogP contribution in [-0.2, 0) is 5.41 Å². The van der Waals surface area contributed by atoms with Crippen molar-refractivity contribution in [3.8, 4) is 28.2 Å². The van der Waals surface area contributed by atoms with E-state index < -0.39 is 0 Å². The molecular formula is C33H28FN3O4. The summed E-state index contributed by atoms with van der Waals surface area (Å²) < 4.78 is 25.3. The van der Waals surface area contributed by atoms with E-state index in [0.29, 0.717) is 45.6 Å². The third-order valence-corrected chi connectivity index (χ3v) is 7.93. The van der Waals surface area contributed by atoms with Gasteiger partial charge in [0, 0.05) is 42.2 Å². The summed E-state index contributed by atoms with van der Waals surface area (Å²) in [6, 6.07) is 15.2. The van der Waals surface area contributed by atoms with Crippen LogP contribution in [0.2, 0.25) is 0 Å². The van der Waals surface area contributed by atoms with E-state index >= 15 is 0 Å². The summed E-state index contributed by atoms with van der Waals surface area (Å²) >= 11 is 0. The van der Waals surface area contributed by atoms with Crippen LogP contribution in [0, 0.1) is 12.7 Å². The minimum absolute atomic E-state index is 0.0153. The molecule has 2 aromatic heterocycles. The summed E-state index contributed by atoms with van der Waals surface area (Å²) in [5.74, 6) is 0.170. The second kappa shape index (κ2) is 10.3. The Morgan fingerprint density at radius 2 is 1.73 bits per heavy atom. The quantitative estimate of drug-likeness (QED) is 0.217. The first-order valence-electron chi connectivity index (χ1n) is 13.4. The molecule has 41 heavy (non-hydrogen) atoms. The van der Waals surface area contributed by atoms with Crippen LogP contribution in [0.5, 0.6) is 5.75 Å². The highest BCUT2D eigenvalue weighted by Crippen LogP contribution is 2.51. The van der Waals surface area contributed by atoms with E-state index in [1.165, 1.54) is 18.5 Å². The van der Waals surface area contributed by atoms with Gasteiger partial charge in [-0.25, -0.2) is 14.4 Å². The number of benzene rings is 3. The molecule has 1 aliphatic rings. The highest BCUT2D eigenvalue weighted by molar-refractivity contribution is 6.12. The molecule has 2 heterocycles. The Bertz CT molecular complexity index is 1790. The fraction of sp³-hybridized carbons (Fsp3) is 0.212. The third-order valence-electron chi connectivity index (χ3n) is 7.93. The maximum absolute atomic E-state index is 13.7. The smallest absolute Gasteiger partial charge is 0.255 e.